The number of anilines is 1. The zero-order valence-electron chi connectivity index (χ0n) is 16.6. The molecule has 0 aliphatic carbocycles. The van der Waals surface area contributed by atoms with Crippen LogP contribution in [0.2, 0.25) is 0 Å². The Labute approximate surface area is 172 Å². The highest BCUT2D eigenvalue weighted by Gasteiger charge is 2.13. The summed E-state index contributed by atoms with van der Waals surface area (Å²) in [5, 5.41) is 0.986. The van der Waals surface area contributed by atoms with E-state index in [2.05, 4.69) is 67.3 Å². The van der Waals surface area contributed by atoms with E-state index in [1.807, 2.05) is 30.3 Å². The van der Waals surface area contributed by atoms with E-state index in [1.165, 1.54) is 11.1 Å². The molecule has 0 fully saturated rings. The van der Waals surface area contributed by atoms with Crippen LogP contribution in [0.25, 0.3) is 0 Å². The minimum absolute atomic E-state index is 0.836. The largest absolute Gasteiger partial charge is 0.497 e. The Balaban J connectivity index is 1.89. The fraction of sp³-hybridized carbons (Fsp3) is 0.208. The van der Waals surface area contributed by atoms with Crippen LogP contribution in [-0.2, 0) is 5.75 Å². The van der Waals surface area contributed by atoms with Crippen molar-refractivity contribution in [1.82, 2.24) is 0 Å². The summed E-state index contributed by atoms with van der Waals surface area (Å²) in [7, 11) is 1.68. The van der Waals surface area contributed by atoms with Crippen LogP contribution in [0.5, 0.6) is 5.75 Å². The van der Waals surface area contributed by atoms with Gasteiger partial charge < -0.3 is 9.64 Å². The van der Waals surface area contributed by atoms with Crippen molar-refractivity contribution in [2.75, 3.05) is 18.6 Å². The van der Waals surface area contributed by atoms with E-state index in [0.29, 0.717) is 0 Å². The molecule has 3 nitrogen and oxygen atoms in total. The molecule has 0 saturated carbocycles. The van der Waals surface area contributed by atoms with Crippen LogP contribution in [0.15, 0.2) is 83.9 Å². The number of hydrogen-bond acceptors (Lipinski definition) is 3. The second-order valence-corrected chi connectivity index (χ2v) is 7.39. The summed E-state index contributed by atoms with van der Waals surface area (Å²) in [6.45, 7) is 5.12. The summed E-state index contributed by atoms with van der Waals surface area (Å²) >= 11 is 1.76. The van der Waals surface area contributed by atoms with Gasteiger partial charge in [-0.1, -0.05) is 59.8 Å². The Morgan fingerprint density at radius 1 is 0.929 bits per heavy atom. The molecule has 0 aliphatic rings. The van der Waals surface area contributed by atoms with Crippen LogP contribution in [-0.4, -0.2) is 18.8 Å². The molecule has 28 heavy (non-hydrogen) atoms. The Morgan fingerprint density at radius 3 is 2.21 bits per heavy atom. The Hall–Kier alpha value is -2.72. The molecule has 0 radical (unpaired) electrons. The predicted molar refractivity (Wildman–Crippen MR) is 122 cm³/mol. The smallest absolute Gasteiger partial charge is 0.169 e. The summed E-state index contributed by atoms with van der Waals surface area (Å²) in [5.41, 5.74) is 4.64. The molecule has 0 bridgehead atoms. The first-order valence-corrected chi connectivity index (χ1v) is 10.4. The number of ether oxygens (including phenoxy) is 1. The first kappa shape index (κ1) is 20.0. The van der Waals surface area contributed by atoms with Gasteiger partial charge in [0.2, 0.25) is 0 Å². The van der Waals surface area contributed by atoms with E-state index in [9.17, 15) is 0 Å². The summed E-state index contributed by atoms with van der Waals surface area (Å²) < 4.78 is 5.26. The number of methoxy groups -OCH3 is 1. The maximum absolute atomic E-state index is 5.26. The van der Waals surface area contributed by atoms with E-state index in [4.69, 9.17) is 9.73 Å². The quantitative estimate of drug-likeness (QED) is 0.357. The zero-order chi connectivity index (χ0) is 19.8. The number of benzene rings is 3. The van der Waals surface area contributed by atoms with E-state index >= 15 is 0 Å². The van der Waals surface area contributed by atoms with Crippen molar-refractivity contribution in [3.05, 3.63) is 90.0 Å². The summed E-state index contributed by atoms with van der Waals surface area (Å²) in [6.07, 6.45) is 0. The van der Waals surface area contributed by atoms with Gasteiger partial charge in [0.25, 0.3) is 0 Å². The fourth-order valence-corrected chi connectivity index (χ4v) is 3.85. The van der Waals surface area contributed by atoms with Crippen molar-refractivity contribution in [3.63, 3.8) is 0 Å². The average Bonchev–Trinajstić information content (AvgIpc) is 2.75. The molecule has 0 spiro atoms. The molecule has 0 atom stereocenters. The number of thioether (sulfide) groups is 1. The molecule has 0 unspecified atom stereocenters. The predicted octanol–water partition coefficient (Wildman–Crippen LogP) is 6.45. The second-order valence-electron chi connectivity index (χ2n) is 6.45. The van der Waals surface area contributed by atoms with Gasteiger partial charge in [-0.2, -0.15) is 0 Å². The Morgan fingerprint density at radius 2 is 1.61 bits per heavy atom. The van der Waals surface area contributed by atoms with Crippen LogP contribution in [0.1, 0.15) is 18.1 Å². The van der Waals surface area contributed by atoms with Crippen LogP contribution >= 0.6 is 11.8 Å². The van der Waals surface area contributed by atoms with Crippen molar-refractivity contribution in [2.24, 2.45) is 4.99 Å². The van der Waals surface area contributed by atoms with E-state index in [1.54, 1.807) is 18.9 Å². The van der Waals surface area contributed by atoms with Crippen LogP contribution in [0.3, 0.4) is 0 Å². The lowest BCUT2D eigenvalue weighted by atomic mass is 10.2. The van der Waals surface area contributed by atoms with Crippen LogP contribution < -0.4 is 9.64 Å². The minimum Gasteiger partial charge on any atom is -0.497 e. The van der Waals surface area contributed by atoms with E-state index in [0.717, 1.165) is 34.6 Å². The van der Waals surface area contributed by atoms with Crippen molar-refractivity contribution in [1.29, 1.82) is 0 Å². The number of hydrogen-bond donors (Lipinski definition) is 0. The van der Waals surface area contributed by atoms with Gasteiger partial charge >= 0.3 is 0 Å². The highest BCUT2D eigenvalue weighted by atomic mass is 32.2. The Bertz CT molecular complexity index is 890. The number of nitrogens with zero attached hydrogens (tertiary/aromatic N) is 2. The number of para-hydroxylation sites is 1. The molecule has 4 heteroatoms. The average molecular weight is 391 g/mol. The van der Waals surface area contributed by atoms with Gasteiger partial charge in [0.1, 0.15) is 5.75 Å². The topological polar surface area (TPSA) is 24.8 Å². The fourth-order valence-electron chi connectivity index (χ4n) is 2.81. The third kappa shape index (κ3) is 5.40. The number of rotatable bonds is 6. The Kier molecular flexibility index (Phi) is 7.15. The monoisotopic (exact) mass is 390 g/mol. The SMILES string of the molecule is CCN(C(=Nc1ccc(OC)cc1)SCc1ccc(C)cc1)c1ccccc1. The molecule has 0 heterocycles. The summed E-state index contributed by atoms with van der Waals surface area (Å²) in [6, 6.07) is 27.0. The first-order valence-electron chi connectivity index (χ1n) is 9.43. The number of aryl methyl sites for hydroxylation is 1. The van der Waals surface area contributed by atoms with Crippen molar-refractivity contribution in [2.45, 2.75) is 19.6 Å². The van der Waals surface area contributed by atoms with Crippen LogP contribution in [0.4, 0.5) is 11.4 Å². The molecule has 0 N–H and O–H groups in total. The van der Waals surface area contributed by atoms with E-state index in [-0.39, 0.29) is 0 Å². The van der Waals surface area contributed by atoms with Gasteiger partial charge in [0.05, 0.1) is 12.8 Å². The van der Waals surface area contributed by atoms with Crippen molar-refractivity contribution in [3.8, 4) is 5.75 Å². The normalized spacial score (nSPS) is 11.3. The van der Waals surface area contributed by atoms with Crippen molar-refractivity contribution >= 4 is 28.3 Å². The van der Waals surface area contributed by atoms with Gasteiger partial charge in [-0.25, -0.2) is 4.99 Å². The third-order valence-electron chi connectivity index (χ3n) is 4.40. The van der Waals surface area contributed by atoms with Gasteiger partial charge in [0, 0.05) is 18.0 Å². The summed E-state index contributed by atoms with van der Waals surface area (Å²) in [5.74, 6) is 1.71. The highest BCUT2D eigenvalue weighted by Crippen LogP contribution is 2.26. The second kappa shape index (κ2) is 10.00. The molecule has 3 aromatic rings. The van der Waals surface area contributed by atoms with Gasteiger partial charge in [-0.05, 0) is 55.8 Å². The first-order chi connectivity index (χ1) is 13.7. The molecular formula is C24H26N2OS. The molecule has 0 aliphatic heterocycles. The van der Waals surface area contributed by atoms with Crippen molar-refractivity contribution < 1.29 is 4.74 Å². The summed E-state index contributed by atoms with van der Waals surface area (Å²) in [4.78, 5) is 7.22. The van der Waals surface area contributed by atoms with Gasteiger partial charge in [-0.15, -0.1) is 0 Å². The van der Waals surface area contributed by atoms with Crippen LogP contribution in [0, 0.1) is 6.92 Å². The third-order valence-corrected chi connectivity index (χ3v) is 5.45. The number of aliphatic imine (C=N–C) groups is 1. The lowest BCUT2D eigenvalue weighted by Crippen LogP contribution is -2.28. The minimum atomic E-state index is 0.836. The maximum Gasteiger partial charge on any atom is 0.169 e. The molecular weight excluding hydrogens is 364 g/mol. The van der Waals surface area contributed by atoms with Gasteiger partial charge in [-0.3, -0.25) is 0 Å². The molecule has 3 rings (SSSR count). The molecule has 0 saturated heterocycles. The maximum atomic E-state index is 5.26. The lowest BCUT2D eigenvalue weighted by molar-refractivity contribution is 0.415. The van der Waals surface area contributed by atoms with Gasteiger partial charge in [0.15, 0.2) is 5.17 Å². The highest BCUT2D eigenvalue weighted by molar-refractivity contribution is 8.13. The molecule has 3 aromatic carbocycles. The zero-order valence-corrected chi connectivity index (χ0v) is 17.4. The molecule has 0 aromatic heterocycles. The molecule has 0 amide bonds. The number of amidine groups is 1. The lowest BCUT2D eigenvalue weighted by Gasteiger charge is -2.24. The molecule has 144 valence electrons. The standard InChI is InChI=1S/C24H26N2OS/c1-4-26(22-8-6-5-7-9-22)24(25-21-14-16-23(27-3)17-15-21)28-18-20-12-10-19(2)11-13-20/h5-17H,4,18H2,1-3H3. The van der Waals surface area contributed by atoms with E-state index < -0.39 is 0 Å².